The lowest BCUT2D eigenvalue weighted by Crippen LogP contribution is -2.57. The van der Waals surface area contributed by atoms with E-state index in [0.29, 0.717) is 23.9 Å². The van der Waals surface area contributed by atoms with Crippen molar-refractivity contribution in [1.82, 2.24) is 14.9 Å². The van der Waals surface area contributed by atoms with Gasteiger partial charge in [-0.1, -0.05) is 18.5 Å². The fourth-order valence-corrected chi connectivity index (χ4v) is 3.98. The molecule has 1 aromatic carbocycles. The second-order valence-electron chi connectivity index (χ2n) is 7.56. The summed E-state index contributed by atoms with van der Waals surface area (Å²) >= 11 is 6.33. The SMILES string of the molecule is CCN1CC(C)(C)OC[C@H]1C(=O)Nc1cc(Cl)cc2c1[nH]c1cnccc12. The maximum absolute atomic E-state index is 13.0. The van der Waals surface area contributed by atoms with Crippen molar-refractivity contribution in [2.75, 3.05) is 25.0 Å². The van der Waals surface area contributed by atoms with Crippen LogP contribution in [0.15, 0.2) is 30.6 Å². The molecule has 1 fully saturated rings. The molecule has 1 aliphatic heterocycles. The molecule has 3 heterocycles. The standard InChI is InChI=1S/C20H23ClN4O2/c1-4-25-11-20(2,3)27-10-17(25)19(26)24-15-8-12(21)7-14-13-5-6-22-9-16(13)23-18(14)15/h5-9,17,23H,4,10-11H2,1-3H3,(H,24,26)/t17-/m0/s1. The van der Waals surface area contributed by atoms with Gasteiger partial charge >= 0.3 is 0 Å². The predicted molar refractivity (Wildman–Crippen MR) is 108 cm³/mol. The number of H-pyrrole nitrogens is 1. The molecule has 0 bridgehead atoms. The number of pyridine rings is 1. The molecule has 6 nitrogen and oxygen atoms in total. The summed E-state index contributed by atoms with van der Waals surface area (Å²) in [5, 5.41) is 5.61. The lowest BCUT2D eigenvalue weighted by atomic mass is 10.0. The van der Waals surface area contributed by atoms with Gasteiger partial charge in [0.25, 0.3) is 0 Å². The number of amides is 1. The number of carbonyl (C=O) groups is 1. The van der Waals surface area contributed by atoms with Gasteiger partial charge in [-0.15, -0.1) is 0 Å². The van der Waals surface area contributed by atoms with Crippen molar-refractivity contribution in [3.63, 3.8) is 0 Å². The Morgan fingerprint density at radius 1 is 1.44 bits per heavy atom. The first-order chi connectivity index (χ1) is 12.9. The van der Waals surface area contributed by atoms with Gasteiger partial charge in [0.05, 0.1) is 35.1 Å². The predicted octanol–water partition coefficient (Wildman–Crippen LogP) is 3.81. The van der Waals surface area contributed by atoms with Gasteiger partial charge in [-0.2, -0.15) is 0 Å². The number of halogens is 1. The summed E-state index contributed by atoms with van der Waals surface area (Å²) in [7, 11) is 0. The van der Waals surface area contributed by atoms with Gasteiger partial charge in [0.1, 0.15) is 6.04 Å². The Hall–Kier alpha value is -2.15. The molecular weight excluding hydrogens is 364 g/mol. The Balaban J connectivity index is 1.68. The maximum atomic E-state index is 13.0. The number of morpholine rings is 1. The first kappa shape index (κ1) is 18.2. The monoisotopic (exact) mass is 386 g/mol. The second-order valence-corrected chi connectivity index (χ2v) is 8.00. The first-order valence-electron chi connectivity index (χ1n) is 9.12. The number of carbonyl (C=O) groups excluding carboxylic acids is 1. The lowest BCUT2D eigenvalue weighted by Gasteiger charge is -2.42. The van der Waals surface area contributed by atoms with Crippen LogP contribution in [0, 0.1) is 0 Å². The zero-order valence-electron chi connectivity index (χ0n) is 15.7. The Morgan fingerprint density at radius 2 is 2.26 bits per heavy atom. The van der Waals surface area contributed by atoms with E-state index in [9.17, 15) is 4.79 Å². The summed E-state index contributed by atoms with van der Waals surface area (Å²) in [4.78, 5) is 22.7. The molecule has 4 rings (SSSR count). The van der Waals surface area contributed by atoms with Crippen LogP contribution in [0.3, 0.4) is 0 Å². The summed E-state index contributed by atoms with van der Waals surface area (Å²) in [5.74, 6) is -0.0901. The third kappa shape index (κ3) is 3.40. The Morgan fingerprint density at radius 3 is 3.04 bits per heavy atom. The highest BCUT2D eigenvalue weighted by Crippen LogP contribution is 2.33. The van der Waals surface area contributed by atoms with E-state index >= 15 is 0 Å². The molecule has 0 saturated carbocycles. The largest absolute Gasteiger partial charge is 0.372 e. The van der Waals surface area contributed by atoms with E-state index < -0.39 is 0 Å². The number of aromatic nitrogens is 2. The lowest BCUT2D eigenvalue weighted by molar-refractivity contribution is -0.142. The molecule has 142 valence electrons. The molecule has 2 aromatic heterocycles. The first-order valence-corrected chi connectivity index (χ1v) is 9.49. The highest BCUT2D eigenvalue weighted by molar-refractivity contribution is 6.32. The van der Waals surface area contributed by atoms with Crippen LogP contribution >= 0.6 is 11.6 Å². The minimum atomic E-state index is -0.330. The molecule has 27 heavy (non-hydrogen) atoms. The summed E-state index contributed by atoms with van der Waals surface area (Å²) in [6.07, 6.45) is 3.51. The Labute approximate surface area is 162 Å². The van der Waals surface area contributed by atoms with E-state index in [1.54, 1.807) is 18.5 Å². The quantitative estimate of drug-likeness (QED) is 0.718. The molecule has 1 amide bonds. The van der Waals surface area contributed by atoms with Crippen LogP contribution in [0.5, 0.6) is 0 Å². The van der Waals surface area contributed by atoms with Gasteiger partial charge in [-0.3, -0.25) is 14.7 Å². The minimum absolute atomic E-state index is 0.0901. The maximum Gasteiger partial charge on any atom is 0.244 e. The van der Waals surface area contributed by atoms with E-state index in [1.165, 1.54) is 0 Å². The van der Waals surface area contributed by atoms with Crippen LogP contribution < -0.4 is 5.32 Å². The summed E-state index contributed by atoms with van der Waals surface area (Å²) in [6, 6.07) is 5.28. The number of nitrogens with one attached hydrogen (secondary N) is 2. The molecule has 7 heteroatoms. The number of hydrogen-bond acceptors (Lipinski definition) is 4. The van der Waals surface area contributed by atoms with Crippen molar-refractivity contribution >= 4 is 45.0 Å². The molecule has 1 atom stereocenters. The summed E-state index contributed by atoms with van der Waals surface area (Å²) in [5.41, 5.74) is 2.17. The zero-order chi connectivity index (χ0) is 19.2. The fraction of sp³-hybridized carbons (Fsp3) is 0.400. The fourth-order valence-electron chi connectivity index (χ4n) is 3.76. The highest BCUT2D eigenvalue weighted by Gasteiger charge is 2.36. The third-order valence-electron chi connectivity index (χ3n) is 5.10. The van der Waals surface area contributed by atoms with Gasteiger partial charge in [-0.25, -0.2) is 0 Å². The van der Waals surface area contributed by atoms with Crippen molar-refractivity contribution in [3.05, 3.63) is 35.6 Å². The van der Waals surface area contributed by atoms with E-state index in [2.05, 4.69) is 27.1 Å². The van der Waals surface area contributed by atoms with Gasteiger partial charge in [0.15, 0.2) is 0 Å². The number of likely N-dealkylation sites (N-methyl/N-ethyl adjacent to an activating group) is 1. The molecule has 2 N–H and O–H groups in total. The number of benzene rings is 1. The van der Waals surface area contributed by atoms with Crippen molar-refractivity contribution in [3.8, 4) is 0 Å². The van der Waals surface area contributed by atoms with E-state index in [0.717, 1.165) is 28.4 Å². The van der Waals surface area contributed by atoms with E-state index in [1.807, 2.05) is 26.0 Å². The molecule has 0 aliphatic carbocycles. The van der Waals surface area contributed by atoms with E-state index in [-0.39, 0.29) is 17.6 Å². The highest BCUT2D eigenvalue weighted by atomic mass is 35.5. The van der Waals surface area contributed by atoms with Crippen molar-refractivity contribution < 1.29 is 9.53 Å². The molecule has 1 aliphatic rings. The van der Waals surface area contributed by atoms with Crippen LogP contribution in [-0.2, 0) is 9.53 Å². The number of fused-ring (bicyclic) bond motifs is 3. The van der Waals surface area contributed by atoms with Gasteiger partial charge in [0.2, 0.25) is 5.91 Å². The number of nitrogens with zero attached hydrogens (tertiary/aromatic N) is 2. The van der Waals surface area contributed by atoms with Crippen LogP contribution in [0.2, 0.25) is 5.02 Å². The molecular formula is C20H23ClN4O2. The topological polar surface area (TPSA) is 70.2 Å². The zero-order valence-corrected chi connectivity index (χ0v) is 16.4. The Bertz CT molecular complexity index is 1010. The van der Waals surface area contributed by atoms with Gasteiger partial charge < -0.3 is 15.0 Å². The number of rotatable bonds is 3. The summed E-state index contributed by atoms with van der Waals surface area (Å²) in [6.45, 7) is 8.01. The number of aromatic amines is 1. The Kier molecular flexibility index (Phi) is 4.58. The average Bonchev–Trinajstić information content (AvgIpc) is 2.99. The van der Waals surface area contributed by atoms with Crippen LogP contribution in [0.4, 0.5) is 5.69 Å². The van der Waals surface area contributed by atoms with Crippen molar-refractivity contribution in [1.29, 1.82) is 0 Å². The second kappa shape index (κ2) is 6.78. The number of anilines is 1. The molecule has 0 spiro atoms. The number of hydrogen-bond donors (Lipinski definition) is 2. The van der Waals surface area contributed by atoms with Gasteiger partial charge in [0, 0.05) is 28.5 Å². The minimum Gasteiger partial charge on any atom is -0.372 e. The molecule has 3 aromatic rings. The van der Waals surface area contributed by atoms with Gasteiger partial charge in [-0.05, 0) is 38.6 Å². The molecule has 0 radical (unpaired) electrons. The molecule has 1 saturated heterocycles. The van der Waals surface area contributed by atoms with Crippen LogP contribution in [-0.4, -0.2) is 52.1 Å². The summed E-state index contributed by atoms with van der Waals surface area (Å²) < 4.78 is 5.88. The van der Waals surface area contributed by atoms with Crippen LogP contribution in [0.1, 0.15) is 20.8 Å². The number of ether oxygens (including phenoxy) is 1. The van der Waals surface area contributed by atoms with Crippen LogP contribution in [0.25, 0.3) is 21.8 Å². The van der Waals surface area contributed by atoms with Crippen molar-refractivity contribution in [2.45, 2.75) is 32.4 Å². The van der Waals surface area contributed by atoms with E-state index in [4.69, 9.17) is 16.3 Å². The average molecular weight is 387 g/mol. The normalized spacial score (nSPS) is 20.2. The van der Waals surface area contributed by atoms with Crippen molar-refractivity contribution in [2.24, 2.45) is 0 Å². The third-order valence-corrected chi connectivity index (χ3v) is 5.32. The smallest absolute Gasteiger partial charge is 0.244 e. The molecule has 0 unspecified atom stereocenters.